The third-order valence-electron chi connectivity index (χ3n) is 4.23. The summed E-state index contributed by atoms with van der Waals surface area (Å²) in [4.78, 5) is 12.7. The van der Waals surface area contributed by atoms with Gasteiger partial charge in [0.15, 0.2) is 5.69 Å². The SMILES string of the molecule is Fc1ccccc1-n1nnc(-c2nc(-c3ccccn3)no2)c1-c1ccncc1. The Bertz CT molecular complexity index is 1270. The molecule has 0 N–H and O–H groups in total. The summed E-state index contributed by atoms with van der Waals surface area (Å²) in [6, 6.07) is 15.3. The van der Waals surface area contributed by atoms with Crippen molar-refractivity contribution in [2.24, 2.45) is 0 Å². The Hall–Kier alpha value is -4.27. The molecule has 140 valence electrons. The fourth-order valence-electron chi connectivity index (χ4n) is 2.91. The van der Waals surface area contributed by atoms with Crippen molar-refractivity contribution in [2.75, 3.05) is 0 Å². The summed E-state index contributed by atoms with van der Waals surface area (Å²) < 4.78 is 21.3. The van der Waals surface area contributed by atoms with E-state index in [1.165, 1.54) is 10.7 Å². The molecule has 1 aromatic carbocycles. The number of aromatic nitrogens is 7. The van der Waals surface area contributed by atoms with E-state index in [-0.39, 0.29) is 11.6 Å². The van der Waals surface area contributed by atoms with Crippen molar-refractivity contribution >= 4 is 0 Å². The van der Waals surface area contributed by atoms with Crippen LogP contribution >= 0.6 is 0 Å². The smallest absolute Gasteiger partial charge is 0.281 e. The molecule has 0 spiro atoms. The maximum absolute atomic E-state index is 14.4. The largest absolute Gasteiger partial charge is 0.332 e. The van der Waals surface area contributed by atoms with Gasteiger partial charge in [0.25, 0.3) is 5.89 Å². The van der Waals surface area contributed by atoms with E-state index < -0.39 is 5.82 Å². The summed E-state index contributed by atoms with van der Waals surface area (Å²) in [5.41, 5.74) is 2.38. The van der Waals surface area contributed by atoms with Crippen LogP contribution in [0.5, 0.6) is 0 Å². The molecule has 0 radical (unpaired) electrons. The highest BCUT2D eigenvalue weighted by molar-refractivity contribution is 5.75. The van der Waals surface area contributed by atoms with E-state index in [4.69, 9.17) is 4.52 Å². The van der Waals surface area contributed by atoms with Crippen molar-refractivity contribution in [3.63, 3.8) is 0 Å². The lowest BCUT2D eigenvalue weighted by molar-refractivity contribution is 0.431. The molecule has 0 amide bonds. The van der Waals surface area contributed by atoms with E-state index in [9.17, 15) is 4.39 Å². The van der Waals surface area contributed by atoms with Gasteiger partial charge in [-0.3, -0.25) is 9.97 Å². The normalized spacial score (nSPS) is 10.9. The molecular weight excluding hydrogens is 373 g/mol. The first kappa shape index (κ1) is 16.9. The average molecular weight is 385 g/mol. The van der Waals surface area contributed by atoms with E-state index in [1.54, 1.807) is 61.1 Å². The van der Waals surface area contributed by atoms with Gasteiger partial charge in [-0.2, -0.15) is 4.98 Å². The van der Waals surface area contributed by atoms with E-state index in [0.717, 1.165) is 5.56 Å². The van der Waals surface area contributed by atoms with Gasteiger partial charge in [-0.05, 0) is 36.4 Å². The van der Waals surface area contributed by atoms with Gasteiger partial charge in [0.05, 0.1) is 0 Å². The van der Waals surface area contributed by atoms with Crippen molar-refractivity contribution in [1.82, 2.24) is 35.1 Å². The Morgan fingerprint density at radius 1 is 0.897 bits per heavy atom. The minimum absolute atomic E-state index is 0.153. The second kappa shape index (κ2) is 7.04. The van der Waals surface area contributed by atoms with Crippen LogP contribution in [-0.4, -0.2) is 35.1 Å². The zero-order chi connectivity index (χ0) is 19.6. The minimum Gasteiger partial charge on any atom is -0.332 e. The molecule has 0 bridgehead atoms. The van der Waals surface area contributed by atoms with Gasteiger partial charge in [-0.15, -0.1) is 5.10 Å². The fraction of sp³-hybridized carbons (Fsp3) is 0. The molecule has 9 heteroatoms. The van der Waals surface area contributed by atoms with E-state index in [2.05, 4.69) is 30.4 Å². The molecule has 5 rings (SSSR count). The lowest BCUT2D eigenvalue weighted by Crippen LogP contribution is -2.02. The number of hydrogen-bond acceptors (Lipinski definition) is 7. The molecule has 0 aliphatic heterocycles. The van der Waals surface area contributed by atoms with Crippen LogP contribution in [0.1, 0.15) is 0 Å². The lowest BCUT2D eigenvalue weighted by Gasteiger charge is -2.08. The average Bonchev–Trinajstić information content (AvgIpc) is 3.43. The molecule has 4 aromatic heterocycles. The highest BCUT2D eigenvalue weighted by Crippen LogP contribution is 2.32. The minimum atomic E-state index is -0.432. The summed E-state index contributed by atoms with van der Waals surface area (Å²) in [7, 11) is 0. The third-order valence-corrected chi connectivity index (χ3v) is 4.23. The number of para-hydroxylation sites is 1. The van der Waals surface area contributed by atoms with Crippen LogP contribution in [0.15, 0.2) is 77.7 Å². The molecule has 0 atom stereocenters. The van der Waals surface area contributed by atoms with Crippen molar-refractivity contribution in [1.29, 1.82) is 0 Å². The Kier molecular flexibility index (Phi) is 4.10. The number of hydrogen-bond donors (Lipinski definition) is 0. The van der Waals surface area contributed by atoms with Crippen LogP contribution in [0.2, 0.25) is 0 Å². The van der Waals surface area contributed by atoms with Gasteiger partial charge < -0.3 is 4.52 Å². The van der Waals surface area contributed by atoms with E-state index in [1.807, 2.05) is 6.07 Å². The maximum Gasteiger partial charge on any atom is 0.281 e. The number of rotatable bonds is 4. The lowest BCUT2D eigenvalue weighted by atomic mass is 10.1. The van der Waals surface area contributed by atoms with Crippen molar-refractivity contribution in [3.05, 3.63) is 79.0 Å². The monoisotopic (exact) mass is 385 g/mol. The molecule has 0 fully saturated rings. The summed E-state index contributed by atoms with van der Waals surface area (Å²) in [6.07, 6.45) is 4.90. The summed E-state index contributed by atoms with van der Waals surface area (Å²) in [6.45, 7) is 0. The van der Waals surface area contributed by atoms with Crippen molar-refractivity contribution in [3.8, 4) is 40.0 Å². The van der Waals surface area contributed by atoms with Gasteiger partial charge in [-0.25, -0.2) is 9.07 Å². The predicted molar refractivity (Wildman–Crippen MR) is 101 cm³/mol. The molecule has 0 saturated carbocycles. The van der Waals surface area contributed by atoms with Crippen LogP contribution in [0.25, 0.3) is 40.0 Å². The van der Waals surface area contributed by atoms with E-state index >= 15 is 0 Å². The Labute approximate surface area is 163 Å². The van der Waals surface area contributed by atoms with Gasteiger partial charge in [0, 0.05) is 24.2 Å². The first-order valence-electron chi connectivity index (χ1n) is 8.68. The Morgan fingerprint density at radius 3 is 2.52 bits per heavy atom. The standard InChI is InChI=1S/C20H12FN7O/c21-14-5-1-2-7-16(14)28-18(13-8-11-22-12-9-13)17(25-27-28)20-24-19(26-29-20)15-6-3-4-10-23-15/h1-12H. The summed E-state index contributed by atoms with van der Waals surface area (Å²) in [5.74, 6) is 0.0423. The quantitative estimate of drug-likeness (QED) is 0.466. The summed E-state index contributed by atoms with van der Waals surface area (Å²) >= 11 is 0. The second-order valence-corrected chi connectivity index (χ2v) is 6.02. The van der Waals surface area contributed by atoms with Crippen LogP contribution in [0.4, 0.5) is 4.39 Å². The van der Waals surface area contributed by atoms with Gasteiger partial charge in [-0.1, -0.05) is 28.6 Å². The van der Waals surface area contributed by atoms with E-state index in [0.29, 0.717) is 22.9 Å². The number of halogens is 1. The molecular formula is C20H12FN7O. The first-order chi connectivity index (χ1) is 14.3. The second-order valence-electron chi connectivity index (χ2n) is 6.02. The molecule has 8 nitrogen and oxygen atoms in total. The molecule has 0 aliphatic rings. The molecule has 5 aromatic rings. The van der Waals surface area contributed by atoms with Crippen LogP contribution in [0.3, 0.4) is 0 Å². The number of benzene rings is 1. The number of pyridine rings is 2. The zero-order valence-corrected chi connectivity index (χ0v) is 14.8. The predicted octanol–water partition coefficient (Wildman–Crippen LogP) is 3.58. The Morgan fingerprint density at radius 2 is 1.72 bits per heavy atom. The van der Waals surface area contributed by atoms with Gasteiger partial charge in [0.2, 0.25) is 5.82 Å². The topological polar surface area (TPSA) is 95.4 Å². The van der Waals surface area contributed by atoms with Crippen LogP contribution < -0.4 is 0 Å². The van der Waals surface area contributed by atoms with Crippen molar-refractivity contribution < 1.29 is 8.91 Å². The zero-order valence-electron chi connectivity index (χ0n) is 14.8. The van der Waals surface area contributed by atoms with Crippen LogP contribution in [0, 0.1) is 5.82 Å². The summed E-state index contributed by atoms with van der Waals surface area (Å²) in [5, 5.41) is 12.3. The van der Waals surface area contributed by atoms with Crippen LogP contribution in [-0.2, 0) is 0 Å². The van der Waals surface area contributed by atoms with Gasteiger partial charge in [0.1, 0.15) is 22.9 Å². The van der Waals surface area contributed by atoms with Crippen molar-refractivity contribution in [2.45, 2.75) is 0 Å². The third kappa shape index (κ3) is 3.04. The fourth-order valence-corrected chi connectivity index (χ4v) is 2.91. The molecule has 4 heterocycles. The molecule has 0 aliphatic carbocycles. The number of nitrogens with zero attached hydrogens (tertiary/aromatic N) is 7. The molecule has 0 unspecified atom stereocenters. The molecule has 29 heavy (non-hydrogen) atoms. The van der Waals surface area contributed by atoms with Gasteiger partial charge >= 0.3 is 0 Å². The molecule has 0 saturated heterocycles. The highest BCUT2D eigenvalue weighted by Gasteiger charge is 2.24. The maximum atomic E-state index is 14.4. The Balaban J connectivity index is 1.69. The first-order valence-corrected chi connectivity index (χ1v) is 8.68. The highest BCUT2D eigenvalue weighted by atomic mass is 19.1.